The molecule has 2 aromatic carbocycles. The number of hydrogen-bond acceptors (Lipinski definition) is 10. The Morgan fingerprint density at radius 2 is 1.61 bits per heavy atom. The average molecular weight is 635 g/mol. The third-order valence-corrected chi connectivity index (χ3v) is 8.23. The number of aromatic nitrogens is 2. The first kappa shape index (κ1) is 31.1. The second kappa shape index (κ2) is 12.1. The van der Waals surface area contributed by atoms with Crippen molar-refractivity contribution in [2.24, 2.45) is 0 Å². The topological polar surface area (TPSA) is 131 Å². The van der Waals surface area contributed by atoms with E-state index >= 15 is 0 Å². The summed E-state index contributed by atoms with van der Waals surface area (Å²) in [6, 6.07) is 7.07. The van der Waals surface area contributed by atoms with Gasteiger partial charge < -0.3 is 42.8 Å². The van der Waals surface area contributed by atoms with Gasteiger partial charge in [0.2, 0.25) is 6.79 Å². The van der Waals surface area contributed by atoms with E-state index in [0.29, 0.717) is 76.1 Å². The Morgan fingerprint density at radius 3 is 2.26 bits per heavy atom. The molecule has 0 unspecified atom stereocenters. The number of fused-ring (bicyclic) bond motifs is 6. The molecule has 2 amide bonds. The highest BCUT2D eigenvalue weighted by atomic mass is 16.7. The summed E-state index contributed by atoms with van der Waals surface area (Å²) < 4.78 is 35.1. The number of rotatable bonds is 6. The molecule has 2 aromatic heterocycles. The second-order valence-electron chi connectivity index (χ2n) is 12.4. The molecule has 0 aliphatic carbocycles. The molecule has 0 radical (unpaired) electrons. The van der Waals surface area contributed by atoms with Crippen molar-refractivity contribution in [3.8, 4) is 23.0 Å². The first-order valence-corrected chi connectivity index (χ1v) is 15.2. The van der Waals surface area contributed by atoms with Crippen LogP contribution in [0.1, 0.15) is 33.6 Å². The van der Waals surface area contributed by atoms with E-state index in [1.165, 1.54) is 12.0 Å². The Bertz CT molecular complexity index is 1890. The summed E-state index contributed by atoms with van der Waals surface area (Å²) in [5, 5.41) is 2.52. The number of carbonyl (C=O) groups is 2. The number of likely N-dealkylation sites (tertiary alicyclic amines) is 1. The van der Waals surface area contributed by atoms with E-state index in [4.69, 9.17) is 28.4 Å². The molecule has 4 aromatic rings. The molecule has 0 spiro atoms. The number of methoxy groups -OCH3 is 2. The van der Waals surface area contributed by atoms with Crippen molar-refractivity contribution in [3.63, 3.8) is 0 Å². The number of ether oxygens (including phenoxy) is 6. The van der Waals surface area contributed by atoms with E-state index in [1.807, 2.05) is 26.8 Å². The van der Waals surface area contributed by atoms with Crippen LogP contribution in [0.25, 0.3) is 32.6 Å². The third kappa shape index (κ3) is 5.88. The molecular formula is C33H38N4O9. The Balaban J connectivity index is 1.28. The number of pyridine rings is 2. The van der Waals surface area contributed by atoms with Crippen LogP contribution >= 0.6 is 0 Å². The van der Waals surface area contributed by atoms with Crippen molar-refractivity contribution in [1.29, 1.82) is 0 Å². The van der Waals surface area contributed by atoms with Crippen LogP contribution in [0.15, 0.2) is 35.3 Å². The van der Waals surface area contributed by atoms with Crippen molar-refractivity contribution < 1.29 is 38.0 Å². The van der Waals surface area contributed by atoms with Gasteiger partial charge in [0.15, 0.2) is 23.0 Å². The smallest absolute Gasteiger partial charge is 0.410 e. The maximum absolute atomic E-state index is 14.2. The van der Waals surface area contributed by atoms with E-state index in [2.05, 4.69) is 4.98 Å². The van der Waals surface area contributed by atoms with Crippen LogP contribution in [0, 0.1) is 0 Å². The Morgan fingerprint density at radius 1 is 0.957 bits per heavy atom. The van der Waals surface area contributed by atoms with Gasteiger partial charge in [-0.05, 0) is 39.0 Å². The van der Waals surface area contributed by atoms with Crippen molar-refractivity contribution in [3.05, 3.63) is 40.8 Å². The van der Waals surface area contributed by atoms with Gasteiger partial charge in [-0.15, -0.1) is 0 Å². The van der Waals surface area contributed by atoms with Gasteiger partial charge >= 0.3 is 12.2 Å². The highest BCUT2D eigenvalue weighted by Crippen LogP contribution is 2.40. The number of hydrogen-bond donors (Lipinski definition) is 0. The van der Waals surface area contributed by atoms with Gasteiger partial charge in [0, 0.05) is 74.5 Å². The van der Waals surface area contributed by atoms with Crippen LogP contribution in [0.5, 0.6) is 23.0 Å². The molecule has 46 heavy (non-hydrogen) atoms. The number of nitrogens with zero attached hydrogens (tertiary/aromatic N) is 4. The van der Waals surface area contributed by atoms with Gasteiger partial charge in [0.1, 0.15) is 11.7 Å². The van der Waals surface area contributed by atoms with Crippen LogP contribution < -0.4 is 24.5 Å². The maximum Gasteiger partial charge on any atom is 0.410 e. The van der Waals surface area contributed by atoms with Gasteiger partial charge in [-0.1, -0.05) is 0 Å². The molecule has 4 heterocycles. The van der Waals surface area contributed by atoms with Gasteiger partial charge in [-0.3, -0.25) is 9.78 Å². The fraction of sp³-hybridized carbons (Fsp3) is 0.455. The molecule has 13 nitrogen and oxygen atoms in total. The lowest BCUT2D eigenvalue weighted by atomic mass is 10.0. The first-order valence-electron chi connectivity index (χ1n) is 15.2. The van der Waals surface area contributed by atoms with E-state index in [1.54, 1.807) is 48.0 Å². The lowest BCUT2D eigenvalue weighted by Crippen LogP contribution is -2.44. The van der Waals surface area contributed by atoms with Crippen LogP contribution in [-0.2, 0) is 16.0 Å². The SMILES string of the molecule is COc1cc2c(=O)n(CCN(C)C(=O)OC3CCN(C(=O)OC(C)(C)C)CC3)c3c4cc5c(cc4ncc3c2cc1OC)OCO5. The van der Waals surface area contributed by atoms with Crippen LogP contribution in [0.3, 0.4) is 0 Å². The van der Waals surface area contributed by atoms with Crippen LogP contribution in [-0.4, -0.2) is 90.9 Å². The monoisotopic (exact) mass is 634 g/mol. The largest absolute Gasteiger partial charge is 0.493 e. The number of amides is 2. The normalized spacial score (nSPS) is 15.0. The number of likely N-dealkylation sites (N-methyl/N-ethyl adjacent to an activating group) is 1. The zero-order chi connectivity index (χ0) is 32.7. The van der Waals surface area contributed by atoms with Crippen molar-refractivity contribution in [1.82, 2.24) is 19.4 Å². The Hall–Kier alpha value is -4.94. The standard InChI is InChI=1S/C33H38N4O9/c1-33(2,3)46-32(40)36-9-7-19(8-10-36)45-31(39)35(4)11-12-37-29-22-15-27-28(44-18-43-27)16-24(22)34-17-23(29)20-13-25(41-5)26(42-6)14-21(20)30(37)38/h13-17,19H,7-12,18H2,1-6H3. The van der Waals surface area contributed by atoms with Gasteiger partial charge in [0.05, 0.1) is 30.6 Å². The molecule has 2 aliphatic rings. The minimum absolute atomic E-state index is 0.100. The molecule has 13 heteroatoms. The van der Waals surface area contributed by atoms with E-state index in [9.17, 15) is 14.4 Å². The minimum atomic E-state index is -0.578. The molecular weight excluding hydrogens is 596 g/mol. The zero-order valence-corrected chi connectivity index (χ0v) is 26.9. The van der Waals surface area contributed by atoms with Crippen molar-refractivity contribution in [2.75, 3.05) is 47.7 Å². The summed E-state index contributed by atoms with van der Waals surface area (Å²) in [5.74, 6) is 2.05. The highest BCUT2D eigenvalue weighted by molar-refractivity contribution is 6.15. The van der Waals surface area contributed by atoms with Gasteiger partial charge in [0.25, 0.3) is 5.56 Å². The molecule has 0 N–H and O–H groups in total. The highest BCUT2D eigenvalue weighted by Gasteiger charge is 2.29. The fourth-order valence-corrected chi connectivity index (χ4v) is 5.85. The molecule has 0 bridgehead atoms. The van der Waals surface area contributed by atoms with Crippen molar-refractivity contribution in [2.45, 2.75) is 51.9 Å². The Labute approximate surface area is 265 Å². The van der Waals surface area contributed by atoms with E-state index in [-0.39, 0.29) is 37.6 Å². The first-order chi connectivity index (χ1) is 22.0. The lowest BCUT2D eigenvalue weighted by Gasteiger charge is -2.33. The molecule has 6 rings (SSSR count). The summed E-state index contributed by atoms with van der Waals surface area (Å²) in [7, 11) is 4.70. The number of benzene rings is 2. The van der Waals surface area contributed by atoms with E-state index in [0.717, 1.165) is 5.39 Å². The summed E-state index contributed by atoms with van der Waals surface area (Å²) >= 11 is 0. The predicted molar refractivity (Wildman–Crippen MR) is 170 cm³/mol. The number of carbonyl (C=O) groups excluding carboxylic acids is 2. The quantitative estimate of drug-likeness (QED) is 0.270. The fourth-order valence-electron chi connectivity index (χ4n) is 5.85. The second-order valence-corrected chi connectivity index (χ2v) is 12.4. The molecule has 244 valence electrons. The summed E-state index contributed by atoms with van der Waals surface area (Å²) in [6.07, 6.45) is 1.54. The zero-order valence-electron chi connectivity index (χ0n) is 26.9. The minimum Gasteiger partial charge on any atom is -0.493 e. The molecule has 2 aliphatic heterocycles. The molecule has 0 atom stereocenters. The van der Waals surface area contributed by atoms with Crippen LogP contribution in [0.4, 0.5) is 9.59 Å². The summed E-state index contributed by atoms with van der Waals surface area (Å²) in [4.78, 5) is 47.5. The predicted octanol–water partition coefficient (Wildman–Crippen LogP) is 4.92. The third-order valence-electron chi connectivity index (χ3n) is 8.23. The lowest BCUT2D eigenvalue weighted by molar-refractivity contribution is 0.00216. The summed E-state index contributed by atoms with van der Waals surface area (Å²) in [6.45, 7) is 6.81. The molecule has 1 saturated heterocycles. The Kier molecular flexibility index (Phi) is 8.17. The van der Waals surface area contributed by atoms with E-state index < -0.39 is 11.7 Å². The summed E-state index contributed by atoms with van der Waals surface area (Å²) in [5.41, 5.74) is 0.440. The van der Waals surface area contributed by atoms with Gasteiger partial charge in [-0.25, -0.2) is 9.59 Å². The number of piperidine rings is 1. The average Bonchev–Trinajstić information content (AvgIpc) is 3.49. The molecule has 1 fully saturated rings. The molecule has 0 saturated carbocycles. The maximum atomic E-state index is 14.2. The van der Waals surface area contributed by atoms with Crippen LogP contribution in [0.2, 0.25) is 0 Å². The van der Waals surface area contributed by atoms with Crippen molar-refractivity contribution >= 4 is 44.8 Å². The van der Waals surface area contributed by atoms with Gasteiger partial charge in [-0.2, -0.15) is 0 Å².